The first-order valence-corrected chi connectivity index (χ1v) is 22.2. The summed E-state index contributed by atoms with van der Waals surface area (Å²) in [6.07, 6.45) is 8.37. The van der Waals surface area contributed by atoms with E-state index in [9.17, 15) is 5.26 Å². The highest BCUT2D eigenvalue weighted by Crippen LogP contribution is 2.60. The van der Waals surface area contributed by atoms with E-state index in [1.165, 1.54) is 76.8 Å². The topological polar surface area (TPSA) is 62.5 Å². The van der Waals surface area contributed by atoms with Gasteiger partial charge >= 0.3 is 0 Å². The molecule has 0 N–H and O–H groups in total. The van der Waals surface area contributed by atoms with E-state index in [4.69, 9.17) is 15.0 Å². The molecule has 0 unspecified atom stereocenters. The van der Waals surface area contributed by atoms with Gasteiger partial charge in [0.15, 0.2) is 17.5 Å². The summed E-state index contributed by atoms with van der Waals surface area (Å²) >= 11 is 0. The molecule has 4 bridgehead atoms. The monoisotopic (exact) mass is 796 g/mol. The predicted octanol–water partition coefficient (Wildman–Crippen LogP) is 14.5. The molecule has 0 atom stereocenters. The van der Waals surface area contributed by atoms with Gasteiger partial charge in [-0.2, -0.15) is 5.26 Å². The van der Waals surface area contributed by atoms with E-state index in [0.717, 1.165) is 56.7 Å². The van der Waals surface area contributed by atoms with Crippen molar-refractivity contribution in [3.05, 3.63) is 187 Å². The zero-order valence-corrected chi connectivity index (χ0v) is 34.5. The molecule has 4 heteroatoms. The number of hydrogen-bond acceptors (Lipinski definition) is 4. The van der Waals surface area contributed by atoms with Crippen LogP contribution in [0.5, 0.6) is 0 Å². The molecule has 1 heterocycles. The van der Waals surface area contributed by atoms with Crippen molar-refractivity contribution in [3.63, 3.8) is 0 Å². The molecule has 4 aliphatic rings. The lowest BCUT2D eigenvalue weighted by molar-refractivity contribution is -0.00518. The van der Waals surface area contributed by atoms with Crippen molar-refractivity contribution in [1.29, 1.82) is 5.26 Å². The summed E-state index contributed by atoms with van der Waals surface area (Å²) in [4.78, 5) is 15.6. The third-order valence-electron chi connectivity index (χ3n) is 14.3. The van der Waals surface area contributed by atoms with Crippen LogP contribution in [0.15, 0.2) is 176 Å². The maximum Gasteiger partial charge on any atom is 0.164 e. The molecule has 1 aromatic heterocycles. The number of nitriles is 1. The Morgan fingerprint density at radius 1 is 0.387 bits per heavy atom. The van der Waals surface area contributed by atoms with Gasteiger partial charge in [-0.15, -0.1) is 0 Å². The summed E-state index contributed by atoms with van der Waals surface area (Å²) in [7, 11) is 0. The molecule has 9 aromatic rings. The molecular formula is C58H44N4. The Labute approximate surface area is 362 Å². The highest BCUT2D eigenvalue weighted by molar-refractivity contribution is 6.21. The van der Waals surface area contributed by atoms with Crippen LogP contribution in [0, 0.1) is 29.1 Å². The number of rotatable bonds is 7. The Morgan fingerprint density at radius 3 is 1.29 bits per heavy atom. The zero-order valence-electron chi connectivity index (χ0n) is 34.5. The lowest BCUT2D eigenvalue weighted by Gasteiger charge is -2.57. The second-order valence-electron chi connectivity index (χ2n) is 18.1. The molecule has 296 valence electrons. The van der Waals surface area contributed by atoms with Gasteiger partial charge in [0, 0.05) is 16.7 Å². The van der Waals surface area contributed by atoms with Crippen LogP contribution in [0.3, 0.4) is 0 Å². The van der Waals surface area contributed by atoms with E-state index in [1.807, 2.05) is 12.1 Å². The minimum atomic E-state index is 0.336. The fourth-order valence-electron chi connectivity index (χ4n) is 11.9. The van der Waals surface area contributed by atoms with Gasteiger partial charge in [0.1, 0.15) is 0 Å². The molecule has 4 nitrogen and oxygen atoms in total. The van der Waals surface area contributed by atoms with Gasteiger partial charge in [0.05, 0.1) is 11.6 Å². The van der Waals surface area contributed by atoms with Crippen molar-refractivity contribution >= 4 is 21.5 Å². The average molecular weight is 797 g/mol. The van der Waals surface area contributed by atoms with Gasteiger partial charge in [0.25, 0.3) is 0 Å². The van der Waals surface area contributed by atoms with Gasteiger partial charge in [-0.25, -0.2) is 15.0 Å². The van der Waals surface area contributed by atoms with Crippen LogP contribution in [0.4, 0.5) is 0 Å². The maximum atomic E-state index is 9.50. The molecule has 62 heavy (non-hydrogen) atoms. The Kier molecular flexibility index (Phi) is 8.71. The van der Waals surface area contributed by atoms with Crippen LogP contribution >= 0.6 is 0 Å². The van der Waals surface area contributed by atoms with Crippen LogP contribution < -0.4 is 0 Å². The van der Waals surface area contributed by atoms with E-state index in [2.05, 4.69) is 170 Å². The summed E-state index contributed by atoms with van der Waals surface area (Å²) in [5.41, 5.74) is 12.3. The normalized spacial score (nSPS) is 20.1. The molecule has 4 saturated carbocycles. The van der Waals surface area contributed by atoms with Crippen molar-refractivity contribution in [3.8, 4) is 73.6 Å². The number of nitrogens with zero attached hydrogens (tertiary/aromatic N) is 4. The van der Waals surface area contributed by atoms with Gasteiger partial charge in [-0.3, -0.25) is 0 Å². The molecular weight excluding hydrogens is 753 g/mol. The van der Waals surface area contributed by atoms with E-state index in [0.29, 0.717) is 28.5 Å². The molecule has 8 aromatic carbocycles. The quantitative estimate of drug-likeness (QED) is 0.151. The largest absolute Gasteiger partial charge is 0.208 e. The summed E-state index contributed by atoms with van der Waals surface area (Å²) in [5.74, 6) is 4.70. The van der Waals surface area contributed by atoms with Crippen LogP contribution in [-0.2, 0) is 5.41 Å². The van der Waals surface area contributed by atoms with Gasteiger partial charge < -0.3 is 0 Å². The molecule has 0 aliphatic heterocycles. The van der Waals surface area contributed by atoms with Gasteiger partial charge in [0.2, 0.25) is 0 Å². The van der Waals surface area contributed by atoms with Gasteiger partial charge in [-0.05, 0) is 140 Å². The van der Waals surface area contributed by atoms with Gasteiger partial charge in [-0.1, -0.05) is 158 Å². The summed E-state index contributed by atoms with van der Waals surface area (Å²) in [5, 5.41) is 14.2. The van der Waals surface area contributed by atoms with Crippen molar-refractivity contribution in [2.75, 3.05) is 0 Å². The number of hydrogen-bond donors (Lipinski definition) is 0. The molecule has 0 saturated heterocycles. The Balaban J connectivity index is 0.961. The first kappa shape index (κ1) is 36.6. The van der Waals surface area contributed by atoms with E-state index in [-0.39, 0.29) is 0 Å². The highest BCUT2D eigenvalue weighted by atomic mass is 15.0. The van der Waals surface area contributed by atoms with Crippen molar-refractivity contribution in [2.45, 2.75) is 43.9 Å². The number of benzene rings is 8. The van der Waals surface area contributed by atoms with E-state index >= 15 is 0 Å². The lowest BCUT2D eigenvalue weighted by atomic mass is 9.48. The Hall–Kier alpha value is -7.22. The minimum absolute atomic E-state index is 0.336. The third kappa shape index (κ3) is 6.31. The van der Waals surface area contributed by atoms with Crippen LogP contribution in [0.1, 0.15) is 49.7 Å². The third-order valence-corrected chi connectivity index (χ3v) is 14.3. The van der Waals surface area contributed by atoms with E-state index in [1.54, 1.807) is 0 Å². The molecule has 0 radical (unpaired) electrons. The number of aromatic nitrogens is 3. The van der Waals surface area contributed by atoms with Crippen LogP contribution in [0.2, 0.25) is 0 Å². The molecule has 0 amide bonds. The standard InChI is InChI=1S/C58H44N4/c59-36-37-17-19-42(20-18-37)53-49-13-4-6-15-51(49)54(52-16-7-5-14-50(52)53)43-21-23-44(24-22-43)55-60-56(62-57(61-55)47-12-8-11-46(32-47)41-9-2-1-3-10-41)45-25-27-48(28-26-45)58-33-38-29-39(34-58)31-40(30-38)35-58/h1-28,32,38-40H,29-31,33-35H2/t38-,39+,40?,58?. The first-order valence-electron chi connectivity index (χ1n) is 22.2. The van der Waals surface area contributed by atoms with Crippen molar-refractivity contribution < 1.29 is 0 Å². The summed E-state index contributed by atoms with van der Waals surface area (Å²) < 4.78 is 0. The first-order chi connectivity index (χ1) is 30.6. The number of fused-ring (bicyclic) bond motifs is 2. The van der Waals surface area contributed by atoms with Crippen LogP contribution in [-0.4, -0.2) is 15.0 Å². The Bertz CT molecular complexity index is 3110. The second kappa shape index (κ2) is 14.8. The fourth-order valence-corrected chi connectivity index (χ4v) is 11.9. The zero-order chi connectivity index (χ0) is 41.2. The lowest BCUT2D eigenvalue weighted by Crippen LogP contribution is -2.48. The molecule has 4 aliphatic carbocycles. The molecule has 13 rings (SSSR count). The summed E-state index contributed by atoms with van der Waals surface area (Å²) in [6, 6.07) is 64.6. The van der Waals surface area contributed by atoms with Crippen molar-refractivity contribution in [1.82, 2.24) is 15.0 Å². The summed E-state index contributed by atoms with van der Waals surface area (Å²) in [6.45, 7) is 0. The maximum absolute atomic E-state index is 9.50. The SMILES string of the molecule is N#Cc1ccc(-c2c3ccccc3c(-c3ccc(-c4nc(-c5ccc(C67CC8C[C@H](C6)C[C@@H](C8)C7)cc5)nc(-c5cccc(-c6ccccc6)c5)n4)cc3)c3ccccc23)cc1. The fraction of sp³-hybridized carbons (Fsp3) is 0.172. The molecule has 0 spiro atoms. The molecule has 4 fully saturated rings. The Morgan fingerprint density at radius 2 is 0.790 bits per heavy atom. The predicted molar refractivity (Wildman–Crippen MR) is 252 cm³/mol. The van der Waals surface area contributed by atoms with E-state index < -0.39 is 0 Å². The van der Waals surface area contributed by atoms with Crippen LogP contribution in [0.25, 0.3) is 89.1 Å². The highest BCUT2D eigenvalue weighted by Gasteiger charge is 2.51. The minimum Gasteiger partial charge on any atom is -0.208 e. The average Bonchev–Trinajstić information content (AvgIpc) is 3.33. The second-order valence-corrected chi connectivity index (χ2v) is 18.1. The smallest absolute Gasteiger partial charge is 0.164 e. The van der Waals surface area contributed by atoms with Crippen molar-refractivity contribution in [2.24, 2.45) is 17.8 Å².